The van der Waals surface area contributed by atoms with Crippen molar-refractivity contribution in [1.82, 2.24) is 0 Å². The third-order valence-electron chi connectivity index (χ3n) is 0.211. The maximum atomic E-state index is 9.67. The molecule has 0 aromatic rings. The summed E-state index contributed by atoms with van der Waals surface area (Å²) in [6.07, 6.45) is 4.53. The summed E-state index contributed by atoms with van der Waals surface area (Å²) >= 11 is 0. The van der Waals surface area contributed by atoms with Crippen molar-refractivity contribution in [2.75, 3.05) is 0 Å². The second-order valence-electron chi connectivity index (χ2n) is 0.534. The fourth-order valence-corrected chi connectivity index (χ4v) is 0.0884. The number of hydrogen-bond donors (Lipinski definition) is 0. The van der Waals surface area contributed by atoms with Crippen LogP contribution < -0.4 is 0 Å². The first-order chi connectivity index (χ1) is 2.81. The van der Waals surface area contributed by atoms with E-state index in [-0.39, 0.29) is 0 Å². The summed E-state index contributed by atoms with van der Waals surface area (Å²) in [5.41, 5.74) is 0. The molecule has 0 aromatic carbocycles. The second kappa shape index (κ2) is 2.48. The minimum Gasteiger partial charge on any atom is -0.507 e. The predicted octanol–water partition coefficient (Wildman–Crippen LogP) is -0.754. The van der Waals surface area contributed by atoms with E-state index in [4.69, 9.17) is 0 Å². The van der Waals surface area contributed by atoms with Gasteiger partial charge < -0.3 is 4.43 Å². The molecule has 0 unspecified atom stereocenters. The first kappa shape index (κ1) is 5.25. The summed E-state index contributed by atoms with van der Waals surface area (Å²) in [5.74, 6) is 0.989. The molecular weight excluding hydrogens is 96.1 g/mol. The van der Waals surface area contributed by atoms with E-state index in [1.165, 1.54) is 0 Å². The Bertz CT molecular complexity index is 91.5. The average Bonchev–Trinajstić information content (AvgIpc) is 1.65. The lowest BCUT2D eigenvalue weighted by atomic mass is 10.7. The highest BCUT2D eigenvalue weighted by Crippen LogP contribution is 1.60. The fraction of sp³-hybridized carbons (Fsp3) is 0. The SMILES string of the molecule is C#CC(=O)O[Si]. The zero-order valence-electron chi connectivity index (χ0n) is 2.89. The highest BCUT2D eigenvalue weighted by molar-refractivity contribution is 6.09. The van der Waals surface area contributed by atoms with Crippen molar-refractivity contribution in [3.8, 4) is 12.3 Å². The maximum absolute atomic E-state index is 9.67. The van der Waals surface area contributed by atoms with Gasteiger partial charge in [0, 0.05) is 5.92 Å². The minimum atomic E-state index is -0.716. The van der Waals surface area contributed by atoms with Crippen LogP contribution in [0.1, 0.15) is 0 Å². The topological polar surface area (TPSA) is 26.3 Å². The fourth-order valence-electron chi connectivity index (χ4n) is 0.0295. The number of terminal acetylenes is 1. The maximum Gasteiger partial charge on any atom is 0.370 e. The normalized spacial score (nSPS) is 6.00. The molecule has 29 valence electrons. The van der Waals surface area contributed by atoms with Crippen LogP contribution in [0.25, 0.3) is 0 Å². The first-order valence-corrected chi connectivity index (χ1v) is 1.56. The van der Waals surface area contributed by atoms with Crippen molar-refractivity contribution in [3.63, 3.8) is 0 Å². The Labute approximate surface area is 39.0 Å². The van der Waals surface area contributed by atoms with Crippen molar-refractivity contribution in [2.45, 2.75) is 0 Å². The van der Waals surface area contributed by atoms with Gasteiger partial charge in [-0.05, 0) is 0 Å². The standard InChI is InChI=1S/C3HO2Si/c1-2-3(4)5-6/h1H. The molecule has 0 spiro atoms. The van der Waals surface area contributed by atoms with E-state index in [2.05, 4.69) is 21.3 Å². The molecule has 0 aliphatic heterocycles. The first-order valence-electron chi connectivity index (χ1n) is 1.15. The molecule has 0 aliphatic carbocycles. The van der Waals surface area contributed by atoms with E-state index in [1.54, 1.807) is 5.92 Å². The highest BCUT2D eigenvalue weighted by atomic mass is 28.2. The molecule has 0 saturated carbocycles. The Morgan fingerprint density at radius 2 is 2.50 bits per heavy atom. The van der Waals surface area contributed by atoms with Crippen LogP contribution in [0.5, 0.6) is 0 Å². The van der Waals surface area contributed by atoms with Crippen LogP contribution >= 0.6 is 0 Å². The van der Waals surface area contributed by atoms with Crippen LogP contribution in [0.4, 0.5) is 0 Å². The third-order valence-corrected chi connectivity index (χ3v) is 0.396. The molecule has 0 amide bonds. The zero-order chi connectivity index (χ0) is 4.99. The summed E-state index contributed by atoms with van der Waals surface area (Å²) in [7, 11) is 2.43. The van der Waals surface area contributed by atoms with E-state index in [9.17, 15) is 4.79 Å². The number of hydrogen-bond acceptors (Lipinski definition) is 2. The molecule has 2 nitrogen and oxygen atoms in total. The summed E-state index contributed by atoms with van der Waals surface area (Å²) in [5, 5.41) is 0. The van der Waals surface area contributed by atoms with E-state index in [1.807, 2.05) is 0 Å². The smallest absolute Gasteiger partial charge is 0.370 e. The van der Waals surface area contributed by atoms with Gasteiger partial charge in [0.1, 0.15) is 0 Å². The molecule has 3 radical (unpaired) electrons. The molecular formula is C3HO2Si. The Morgan fingerprint density at radius 1 is 2.00 bits per heavy atom. The largest absolute Gasteiger partial charge is 0.507 e. The predicted molar refractivity (Wildman–Crippen MR) is 20.7 cm³/mol. The number of carbonyl (C=O) groups excluding carboxylic acids is 1. The van der Waals surface area contributed by atoms with Crippen LogP contribution in [-0.2, 0) is 9.22 Å². The molecule has 6 heavy (non-hydrogen) atoms. The summed E-state index contributed by atoms with van der Waals surface area (Å²) in [4.78, 5) is 9.67. The minimum absolute atomic E-state index is 0.716. The molecule has 0 heterocycles. The lowest BCUT2D eigenvalue weighted by Gasteiger charge is -1.79. The number of carbonyl (C=O) groups is 1. The molecule has 3 heteroatoms. The van der Waals surface area contributed by atoms with Gasteiger partial charge in [-0.1, -0.05) is 0 Å². The second-order valence-corrected chi connectivity index (χ2v) is 0.738. The van der Waals surface area contributed by atoms with Crippen molar-refractivity contribution >= 4 is 16.5 Å². The quantitative estimate of drug-likeness (QED) is 0.293. The lowest BCUT2D eigenvalue weighted by Crippen LogP contribution is -1.94. The molecule has 0 atom stereocenters. The summed E-state index contributed by atoms with van der Waals surface area (Å²) in [6, 6.07) is 0. The van der Waals surface area contributed by atoms with Crippen LogP contribution in [0, 0.1) is 12.3 Å². The molecule has 0 fully saturated rings. The Kier molecular flexibility index (Phi) is 2.17. The Morgan fingerprint density at radius 3 is 2.50 bits per heavy atom. The van der Waals surface area contributed by atoms with Gasteiger partial charge in [0.2, 0.25) is 0 Å². The molecule has 0 N–H and O–H groups in total. The van der Waals surface area contributed by atoms with Gasteiger partial charge in [0.15, 0.2) is 0 Å². The summed E-state index contributed by atoms with van der Waals surface area (Å²) in [6.45, 7) is 0. The van der Waals surface area contributed by atoms with Gasteiger partial charge in [-0.2, -0.15) is 0 Å². The van der Waals surface area contributed by atoms with Gasteiger partial charge in [0.25, 0.3) is 0 Å². The van der Waals surface area contributed by atoms with Crippen molar-refractivity contribution in [2.24, 2.45) is 0 Å². The van der Waals surface area contributed by atoms with Gasteiger partial charge in [-0.15, -0.1) is 6.42 Å². The number of rotatable bonds is 0. The van der Waals surface area contributed by atoms with Gasteiger partial charge >= 0.3 is 16.5 Å². The van der Waals surface area contributed by atoms with Crippen LogP contribution in [0.3, 0.4) is 0 Å². The summed E-state index contributed by atoms with van der Waals surface area (Å²) < 4.78 is 3.83. The van der Waals surface area contributed by atoms with E-state index in [0.29, 0.717) is 0 Å². The molecule has 0 rings (SSSR count). The van der Waals surface area contributed by atoms with E-state index in [0.717, 1.165) is 0 Å². The van der Waals surface area contributed by atoms with Crippen molar-refractivity contribution < 1.29 is 9.22 Å². The lowest BCUT2D eigenvalue weighted by molar-refractivity contribution is -0.127. The van der Waals surface area contributed by atoms with E-state index < -0.39 is 5.97 Å². The average molecular weight is 97.1 g/mol. The van der Waals surface area contributed by atoms with Crippen molar-refractivity contribution in [1.29, 1.82) is 0 Å². The van der Waals surface area contributed by atoms with Gasteiger partial charge in [-0.3, -0.25) is 0 Å². The Hall–Kier alpha value is -0.753. The molecule has 0 saturated heterocycles. The Balaban J connectivity index is 3.33. The van der Waals surface area contributed by atoms with Gasteiger partial charge in [0.05, 0.1) is 0 Å². The highest BCUT2D eigenvalue weighted by Gasteiger charge is 1.83. The molecule has 0 aromatic heterocycles. The van der Waals surface area contributed by atoms with Crippen LogP contribution in [0.2, 0.25) is 0 Å². The van der Waals surface area contributed by atoms with Crippen molar-refractivity contribution in [3.05, 3.63) is 0 Å². The van der Waals surface area contributed by atoms with Crippen LogP contribution in [-0.4, -0.2) is 16.5 Å². The molecule has 0 bridgehead atoms. The monoisotopic (exact) mass is 97.0 g/mol. The third kappa shape index (κ3) is 1.55. The van der Waals surface area contributed by atoms with Crippen LogP contribution in [0.15, 0.2) is 0 Å². The van der Waals surface area contributed by atoms with E-state index >= 15 is 0 Å². The zero-order valence-corrected chi connectivity index (χ0v) is 3.89. The molecule has 0 aliphatic rings. The van der Waals surface area contributed by atoms with Gasteiger partial charge in [-0.25, -0.2) is 4.79 Å².